The highest BCUT2D eigenvalue weighted by Gasteiger charge is 2.23. The first-order chi connectivity index (χ1) is 12.2. The highest BCUT2D eigenvalue weighted by atomic mass is 35.5. The van der Waals surface area contributed by atoms with Crippen molar-refractivity contribution < 1.29 is 4.74 Å². The Morgan fingerprint density at radius 2 is 1.92 bits per heavy atom. The normalized spacial score (nSPS) is 12.8. The van der Waals surface area contributed by atoms with Gasteiger partial charge in [-0.2, -0.15) is 5.10 Å². The number of methoxy groups -OCH3 is 1. The lowest BCUT2D eigenvalue weighted by atomic mass is 10.1. The third kappa shape index (κ3) is 3.08. The summed E-state index contributed by atoms with van der Waals surface area (Å²) in [6.07, 6.45) is 1.75. The Morgan fingerprint density at radius 3 is 2.64 bits per heavy atom. The smallest absolute Gasteiger partial charge is 0.133 e. The molecule has 0 radical (unpaired) electrons. The van der Waals surface area contributed by atoms with Crippen molar-refractivity contribution in [3.63, 3.8) is 0 Å². The van der Waals surface area contributed by atoms with Gasteiger partial charge in [0.1, 0.15) is 11.6 Å². The Hall–Kier alpha value is -2.17. The zero-order valence-electron chi connectivity index (χ0n) is 13.7. The number of hydrogen-bond acceptors (Lipinski definition) is 3. The molecule has 2 heterocycles. The van der Waals surface area contributed by atoms with Crippen LogP contribution in [0.5, 0.6) is 5.75 Å². The zero-order chi connectivity index (χ0) is 17.4. The molecule has 3 aromatic rings. The first-order valence-corrected chi connectivity index (χ1v) is 8.84. The highest BCUT2D eigenvalue weighted by molar-refractivity contribution is 6.42. The van der Waals surface area contributed by atoms with E-state index in [1.165, 1.54) is 11.1 Å². The number of rotatable bonds is 4. The molecule has 1 N–H and O–H groups in total. The van der Waals surface area contributed by atoms with Crippen molar-refractivity contribution in [3.8, 4) is 11.4 Å². The van der Waals surface area contributed by atoms with E-state index >= 15 is 0 Å². The van der Waals surface area contributed by atoms with E-state index in [2.05, 4.69) is 17.4 Å². The average molecular weight is 374 g/mol. The van der Waals surface area contributed by atoms with Crippen molar-refractivity contribution in [1.82, 2.24) is 9.78 Å². The molecule has 4 nitrogen and oxygen atoms in total. The molecule has 1 aliphatic rings. The fourth-order valence-corrected chi connectivity index (χ4v) is 3.42. The Kier molecular flexibility index (Phi) is 4.32. The molecule has 1 aromatic heterocycles. The van der Waals surface area contributed by atoms with Crippen molar-refractivity contribution in [2.45, 2.75) is 12.8 Å². The third-order valence-corrected chi connectivity index (χ3v) is 5.15. The molecule has 0 aliphatic carbocycles. The standard InChI is InChI=1S/C19H17Cl2N3O/c1-25-14-5-2-12(3-6-14)10-18-15-8-9-22-19(15)24(23-18)13-4-7-16(20)17(21)11-13/h2-7,11,22H,8-10H2,1H3. The fourth-order valence-electron chi connectivity index (χ4n) is 3.13. The van der Waals surface area contributed by atoms with Gasteiger partial charge in [-0.3, -0.25) is 0 Å². The van der Waals surface area contributed by atoms with Gasteiger partial charge in [-0.25, -0.2) is 4.68 Å². The van der Waals surface area contributed by atoms with Crippen molar-refractivity contribution in [2.24, 2.45) is 0 Å². The van der Waals surface area contributed by atoms with Gasteiger partial charge in [0.05, 0.1) is 28.5 Å². The predicted octanol–water partition coefficient (Wildman–Crippen LogP) is 4.75. The minimum Gasteiger partial charge on any atom is -0.497 e. The minimum absolute atomic E-state index is 0.526. The number of anilines is 1. The van der Waals surface area contributed by atoms with Crippen molar-refractivity contribution in [1.29, 1.82) is 0 Å². The predicted molar refractivity (Wildman–Crippen MR) is 102 cm³/mol. The summed E-state index contributed by atoms with van der Waals surface area (Å²) in [5.41, 5.74) is 4.45. The molecule has 0 amide bonds. The molecule has 128 valence electrons. The Bertz CT molecular complexity index is 919. The molecule has 25 heavy (non-hydrogen) atoms. The van der Waals surface area contributed by atoms with E-state index < -0.39 is 0 Å². The average Bonchev–Trinajstić information content (AvgIpc) is 3.22. The molecule has 0 saturated carbocycles. The lowest BCUT2D eigenvalue weighted by Gasteiger charge is -2.07. The largest absolute Gasteiger partial charge is 0.497 e. The number of nitrogens with zero attached hydrogens (tertiary/aromatic N) is 2. The molecule has 0 fully saturated rings. The van der Waals surface area contributed by atoms with Gasteiger partial charge < -0.3 is 10.1 Å². The van der Waals surface area contributed by atoms with Crippen LogP contribution in [0.3, 0.4) is 0 Å². The molecular weight excluding hydrogens is 357 g/mol. The maximum Gasteiger partial charge on any atom is 0.133 e. The van der Waals surface area contributed by atoms with Crippen LogP contribution in [0.25, 0.3) is 5.69 Å². The number of ether oxygens (including phenoxy) is 1. The van der Waals surface area contributed by atoms with E-state index in [4.69, 9.17) is 33.0 Å². The topological polar surface area (TPSA) is 39.1 Å². The molecule has 2 aromatic carbocycles. The first kappa shape index (κ1) is 16.3. The monoisotopic (exact) mass is 373 g/mol. The van der Waals surface area contributed by atoms with Gasteiger partial charge in [-0.1, -0.05) is 35.3 Å². The summed E-state index contributed by atoms with van der Waals surface area (Å²) in [6.45, 7) is 0.921. The number of hydrogen-bond donors (Lipinski definition) is 1. The molecule has 0 atom stereocenters. The van der Waals surface area contributed by atoms with Gasteiger partial charge in [-0.05, 0) is 42.3 Å². The summed E-state index contributed by atoms with van der Waals surface area (Å²) in [4.78, 5) is 0. The summed E-state index contributed by atoms with van der Waals surface area (Å²) in [7, 11) is 1.67. The van der Waals surface area contributed by atoms with Crippen molar-refractivity contribution in [3.05, 3.63) is 69.3 Å². The second-order valence-corrected chi connectivity index (χ2v) is 6.80. The molecule has 0 saturated heterocycles. The third-order valence-electron chi connectivity index (χ3n) is 4.41. The second-order valence-electron chi connectivity index (χ2n) is 5.99. The zero-order valence-corrected chi connectivity index (χ0v) is 15.2. The van der Waals surface area contributed by atoms with E-state index in [0.717, 1.165) is 42.3 Å². The lowest BCUT2D eigenvalue weighted by Crippen LogP contribution is -2.05. The van der Waals surface area contributed by atoms with Crippen molar-refractivity contribution in [2.75, 3.05) is 19.0 Å². The van der Waals surface area contributed by atoms with Crippen LogP contribution in [0.1, 0.15) is 16.8 Å². The quantitative estimate of drug-likeness (QED) is 0.717. The Morgan fingerprint density at radius 1 is 1.12 bits per heavy atom. The summed E-state index contributed by atoms with van der Waals surface area (Å²) < 4.78 is 7.14. The van der Waals surface area contributed by atoms with Crippen LogP contribution in [-0.2, 0) is 12.8 Å². The van der Waals surface area contributed by atoms with Gasteiger partial charge in [0.25, 0.3) is 0 Å². The molecule has 4 rings (SSSR count). The van der Waals surface area contributed by atoms with E-state index in [9.17, 15) is 0 Å². The summed E-state index contributed by atoms with van der Waals surface area (Å²) in [5, 5.41) is 9.33. The van der Waals surface area contributed by atoms with Crippen LogP contribution in [0.4, 0.5) is 5.82 Å². The summed E-state index contributed by atoms with van der Waals surface area (Å²) >= 11 is 12.2. The summed E-state index contributed by atoms with van der Waals surface area (Å²) in [6, 6.07) is 13.7. The first-order valence-electron chi connectivity index (χ1n) is 8.08. The number of benzene rings is 2. The highest BCUT2D eigenvalue weighted by Crippen LogP contribution is 2.32. The van der Waals surface area contributed by atoms with Crippen LogP contribution >= 0.6 is 23.2 Å². The SMILES string of the molecule is COc1ccc(Cc2nn(-c3ccc(Cl)c(Cl)c3)c3c2CCN3)cc1. The van der Waals surface area contributed by atoms with Crippen LogP contribution < -0.4 is 10.1 Å². The maximum absolute atomic E-state index is 6.17. The number of halogens is 2. The van der Waals surface area contributed by atoms with Gasteiger partial charge in [0.15, 0.2) is 0 Å². The molecular formula is C19H17Cl2N3O. The molecule has 1 aliphatic heterocycles. The Balaban J connectivity index is 1.70. The van der Waals surface area contributed by atoms with Gasteiger partial charge >= 0.3 is 0 Å². The molecule has 0 spiro atoms. The molecule has 6 heteroatoms. The van der Waals surface area contributed by atoms with E-state index in [-0.39, 0.29) is 0 Å². The second kappa shape index (κ2) is 6.62. The van der Waals surface area contributed by atoms with E-state index in [0.29, 0.717) is 10.0 Å². The van der Waals surface area contributed by atoms with Crippen LogP contribution in [0.2, 0.25) is 10.0 Å². The van der Waals surface area contributed by atoms with E-state index in [1.807, 2.05) is 28.9 Å². The lowest BCUT2D eigenvalue weighted by molar-refractivity contribution is 0.414. The van der Waals surface area contributed by atoms with Gasteiger partial charge in [-0.15, -0.1) is 0 Å². The van der Waals surface area contributed by atoms with Crippen molar-refractivity contribution >= 4 is 29.0 Å². The van der Waals surface area contributed by atoms with Gasteiger partial charge in [0, 0.05) is 18.5 Å². The Labute approximate surface area is 156 Å². The molecule has 0 unspecified atom stereocenters. The number of nitrogens with one attached hydrogen (secondary N) is 1. The fraction of sp³-hybridized carbons (Fsp3) is 0.211. The number of aromatic nitrogens is 2. The van der Waals surface area contributed by atoms with E-state index in [1.54, 1.807) is 13.2 Å². The van der Waals surface area contributed by atoms with Gasteiger partial charge in [0.2, 0.25) is 0 Å². The molecule has 0 bridgehead atoms. The maximum atomic E-state index is 6.17. The summed E-state index contributed by atoms with van der Waals surface area (Å²) in [5.74, 6) is 1.90. The van der Waals surface area contributed by atoms with Crippen LogP contribution in [0.15, 0.2) is 42.5 Å². The van der Waals surface area contributed by atoms with Crippen LogP contribution in [-0.4, -0.2) is 23.4 Å². The van der Waals surface area contributed by atoms with Crippen LogP contribution in [0, 0.1) is 0 Å². The number of fused-ring (bicyclic) bond motifs is 1. The minimum atomic E-state index is 0.526.